The van der Waals surface area contributed by atoms with Gasteiger partial charge < -0.3 is 10.5 Å². The maximum atomic E-state index is 5.51. The van der Waals surface area contributed by atoms with E-state index in [0.717, 1.165) is 17.8 Å². The van der Waals surface area contributed by atoms with Crippen LogP contribution < -0.4 is 5.73 Å². The molecule has 0 saturated carbocycles. The van der Waals surface area contributed by atoms with E-state index < -0.39 is 0 Å². The number of nitrogens with two attached hydrogens (primary N) is 1. The fraction of sp³-hybridized carbons (Fsp3) is 0.625. The Bertz CT molecular complexity index is 237. The van der Waals surface area contributed by atoms with Crippen molar-refractivity contribution in [1.82, 2.24) is 4.98 Å². The lowest BCUT2D eigenvalue weighted by Crippen LogP contribution is -2.00. The molecule has 1 heterocycles. The minimum atomic E-state index is 0.122. The van der Waals surface area contributed by atoms with Gasteiger partial charge in [-0.25, -0.2) is 4.98 Å². The first kappa shape index (κ1) is 9.48. The second kappa shape index (κ2) is 4.42. The highest BCUT2D eigenvalue weighted by atomic mass is 32.1. The van der Waals surface area contributed by atoms with E-state index in [1.807, 2.05) is 5.38 Å². The monoisotopic (exact) mass is 186 g/mol. The van der Waals surface area contributed by atoms with E-state index in [-0.39, 0.29) is 6.10 Å². The summed E-state index contributed by atoms with van der Waals surface area (Å²) >= 11 is 1.56. The number of nitrogen functional groups attached to an aromatic ring is 1. The number of hydrogen-bond acceptors (Lipinski definition) is 4. The average molecular weight is 186 g/mol. The molecule has 0 amide bonds. The van der Waals surface area contributed by atoms with Crippen molar-refractivity contribution in [2.24, 2.45) is 0 Å². The van der Waals surface area contributed by atoms with Crippen LogP contribution in [0, 0.1) is 0 Å². The molecule has 68 valence electrons. The second-order valence-electron chi connectivity index (χ2n) is 2.62. The third-order valence-corrected chi connectivity index (χ3v) is 2.61. The van der Waals surface area contributed by atoms with Crippen molar-refractivity contribution in [3.05, 3.63) is 10.4 Å². The van der Waals surface area contributed by atoms with E-state index in [1.165, 1.54) is 0 Å². The Morgan fingerprint density at radius 1 is 1.75 bits per heavy atom. The van der Waals surface area contributed by atoms with Gasteiger partial charge in [-0.3, -0.25) is 0 Å². The lowest BCUT2D eigenvalue weighted by atomic mass is 10.2. The van der Waals surface area contributed by atoms with Gasteiger partial charge in [-0.2, -0.15) is 0 Å². The summed E-state index contributed by atoms with van der Waals surface area (Å²) in [6.07, 6.45) is 2.22. The summed E-state index contributed by atoms with van der Waals surface area (Å²) in [6.45, 7) is 2.13. The molecule has 0 aromatic carbocycles. The third kappa shape index (κ3) is 2.19. The Balaban J connectivity index is 2.66. The van der Waals surface area contributed by atoms with E-state index in [1.54, 1.807) is 18.4 Å². The molecule has 0 fully saturated rings. The summed E-state index contributed by atoms with van der Waals surface area (Å²) in [5.41, 5.74) is 5.51. The molecule has 12 heavy (non-hydrogen) atoms. The van der Waals surface area contributed by atoms with Gasteiger partial charge in [0.2, 0.25) is 0 Å². The fourth-order valence-corrected chi connectivity index (χ4v) is 1.87. The van der Waals surface area contributed by atoms with Crippen molar-refractivity contribution in [2.75, 3.05) is 12.8 Å². The van der Waals surface area contributed by atoms with Gasteiger partial charge in [0.1, 0.15) is 16.9 Å². The molecule has 0 radical (unpaired) electrons. The van der Waals surface area contributed by atoms with Crippen molar-refractivity contribution in [3.63, 3.8) is 0 Å². The first-order chi connectivity index (χ1) is 5.77. The van der Waals surface area contributed by atoms with E-state index in [0.29, 0.717) is 5.82 Å². The quantitative estimate of drug-likeness (QED) is 0.784. The number of nitrogens with zero attached hydrogens (tertiary/aromatic N) is 1. The van der Waals surface area contributed by atoms with Crippen LogP contribution in [-0.4, -0.2) is 12.1 Å². The molecule has 0 aliphatic heterocycles. The normalized spacial score (nSPS) is 13.2. The number of hydrogen-bond donors (Lipinski definition) is 1. The van der Waals surface area contributed by atoms with Crippen molar-refractivity contribution in [2.45, 2.75) is 25.9 Å². The third-order valence-electron chi connectivity index (χ3n) is 1.65. The van der Waals surface area contributed by atoms with Gasteiger partial charge in [-0.1, -0.05) is 13.3 Å². The predicted molar refractivity (Wildman–Crippen MR) is 51.2 cm³/mol. The highest BCUT2D eigenvalue weighted by Crippen LogP contribution is 2.25. The average Bonchev–Trinajstić information content (AvgIpc) is 2.47. The molecule has 0 aliphatic carbocycles. The van der Waals surface area contributed by atoms with Gasteiger partial charge in [0.05, 0.1) is 0 Å². The summed E-state index contributed by atoms with van der Waals surface area (Å²) in [6, 6.07) is 0. The Hall–Kier alpha value is -0.610. The number of aromatic nitrogens is 1. The van der Waals surface area contributed by atoms with Crippen molar-refractivity contribution >= 4 is 17.2 Å². The zero-order valence-electron chi connectivity index (χ0n) is 7.41. The van der Waals surface area contributed by atoms with Crippen LogP contribution in [-0.2, 0) is 4.74 Å². The maximum absolute atomic E-state index is 5.51. The van der Waals surface area contributed by atoms with Crippen LogP contribution in [0.15, 0.2) is 5.38 Å². The molecule has 0 bridgehead atoms. The van der Waals surface area contributed by atoms with E-state index >= 15 is 0 Å². The van der Waals surface area contributed by atoms with Gasteiger partial charge in [-0.05, 0) is 6.42 Å². The zero-order chi connectivity index (χ0) is 8.97. The minimum Gasteiger partial charge on any atom is -0.383 e. The SMILES string of the molecule is CCCC(OC)c1nc(N)cs1. The Morgan fingerprint density at radius 2 is 2.50 bits per heavy atom. The van der Waals surface area contributed by atoms with Crippen LogP contribution in [0.4, 0.5) is 5.82 Å². The number of thiazole rings is 1. The predicted octanol–water partition coefficient (Wildman–Crippen LogP) is 2.21. The molecule has 1 aromatic rings. The zero-order valence-corrected chi connectivity index (χ0v) is 8.23. The van der Waals surface area contributed by atoms with Gasteiger partial charge in [0.15, 0.2) is 0 Å². The number of anilines is 1. The van der Waals surface area contributed by atoms with Crippen LogP contribution in [0.1, 0.15) is 30.9 Å². The molecule has 4 heteroatoms. The molecule has 1 unspecified atom stereocenters. The molecule has 3 nitrogen and oxygen atoms in total. The van der Waals surface area contributed by atoms with Crippen molar-refractivity contribution < 1.29 is 4.74 Å². The summed E-state index contributed by atoms with van der Waals surface area (Å²) in [5, 5.41) is 2.83. The lowest BCUT2D eigenvalue weighted by Gasteiger charge is -2.09. The number of methoxy groups -OCH3 is 1. The van der Waals surface area contributed by atoms with Crippen LogP contribution in [0.25, 0.3) is 0 Å². The largest absolute Gasteiger partial charge is 0.383 e. The van der Waals surface area contributed by atoms with Crippen molar-refractivity contribution in [3.8, 4) is 0 Å². The van der Waals surface area contributed by atoms with E-state index in [2.05, 4.69) is 11.9 Å². The summed E-state index contributed by atoms with van der Waals surface area (Å²) in [4.78, 5) is 4.17. The van der Waals surface area contributed by atoms with Crippen LogP contribution in [0.3, 0.4) is 0 Å². The number of ether oxygens (including phenoxy) is 1. The molecule has 1 aromatic heterocycles. The highest BCUT2D eigenvalue weighted by Gasteiger charge is 2.12. The molecule has 1 atom stereocenters. The Kier molecular flexibility index (Phi) is 3.49. The first-order valence-corrected chi connectivity index (χ1v) is 4.89. The summed E-state index contributed by atoms with van der Waals surface area (Å²) in [7, 11) is 1.71. The topological polar surface area (TPSA) is 48.1 Å². The molecule has 1 rings (SSSR count). The van der Waals surface area contributed by atoms with Gasteiger partial charge in [0.25, 0.3) is 0 Å². The molecule has 2 N–H and O–H groups in total. The smallest absolute Gasteiger partial charge is 0.134 e. The standard InChI is InChI=1S/C8H14N2OS/c1-3-4-6(11-2)8-10-7(9)5-12-8/h5-6H,3-4,9H2,1-2H3. The Morgan fingerprint density at radius 3 is 2.92 bits per heavy atom. The molecular formula is C8H14N2OS. The maximum Gasteiger partial charge on any atom is 0.134 e. The summed E-state index contributed by atoms with van der Waals surface area (Å²) in [5.74, 6) is 0.591. The highest BCUT2D eigenvalue weighted by molar-refractivity contribution is 7.10. The van der Waals surface area contributed by atoms with Gasteiger partial charge in [-0.15, -0.1) is 11.3 Å². The van der Waals surface area contributed by atoms with Crippen LogP contribution in [0.5, 0.6) is 0 Å². The number of rotatable bonds is 4. The summed E-state index contributed by atoms with van der Waals surface area (Å²) < 4.78 is 5.28. The molecule has 0 aliphatic rings. The van der Waals surface area contributed by atoms with E-state index in [4.69, 9.17) is 10.5 Å². The lowest BCUT2D eigenvalue weighted by molar-refractivity contribution is 0.0948. The molecule has 0 spiro atoms. The Labute approximate surface area is 76.6 Å². The fourth-order valence-electron chi connectivity index (χ4n) is 1.05. The van der Waals surface area contributed by atoms with Crippen molar-refractivity contribution in [1.29, 1.82) is 0 Å². The van der Waals surface area contributed by atoms with Gasteiger partial charge in [0, 0.05) is 12.5 Å². The molecular weight excluding hydrogens is 172 g/mol. The van der Waals surface area contributed by atoms with Crippen LogP contribution in [0.2, 0.25) is 0 Å². The molecule has 0 saturated heterocycles. The first-order valence-electron chi connectivity index (χ1n) is 4.01. The van der Waals surface area contributed by atoms with Crippen LogP contribution >= 0.6 is 11.3 Å². The minimum absolute atomic E-state index is 0.122. The van der Waals surface area contributed by atoms with E-state index in [9.17, 15) is 0 Å². The van der Waals surface area contributed by atoms with Gasteiger partial charge >= 0.3 is 0 Å². The second-order valence-corrected chi connectivity index (χ2v) is 3.51.